The number of hydrogen-bond donors (Lipinski definition) is 1. The average molecular weight is 111 g/mol. The first-order valence-electron chi connectivity index (χ1n) is 2.71. The molecule has 1 N–H and O–H groups in total. The molecule has 1 aliphatic heterocycles. The molecule has 1 heterocycles. The molecule has 1 amide bonds. The minimum atomic E-state index is 0.135. The smallest absolute Gasteiger partial charge is 0.224 e. The van der Waals surface area contributed by atoms with E-state index in [9.17, 15) is 4.79 Å². The maximum Gasteiger partial charge on any atom is 0.224 e. The van der Waals surface area contributed by atoms with E-state index in [4.69, 9.17) is 0 Å². The summed E-state index contributed by atoms with van der Waals surface area (Å²) in [5.41, 5.74) is 1.25. The molecule has 0 atom stereocenters. The van der Waals surface area contributed by atoms with E-state index in [0.29, 0.717) is 6.42 Å². The lowest BCUT2D eigenvalue weighted by atomic mass is 10.2. The highest BCUT2D eigenvalue weighted by Crippen LogP contribution is 1.98. The van der Waals surface area contributed by atoms with Crippen LogP contribution in [0.2, 0.25) is 0 Å². The molecule has 0 aliphatic carbocycles. The van der Waals surface area contributed by atoms with E-state index in [1.165, 1.54) is 5.57 Å². The molecule has 1 rings (SSSR count). The highest BCUT2D eigenvalue weighted by atomic mass is 16.1. The number of amides is 1. The van der Waals surface area contributed by atoms with Crippen LogP contribution in [0.5, 0.6) is 0 Å². The topological polar surface area (TPSA) is 29.1 Å². The van der Waals surface area contributed by atoms with Crippen molar-refractivity contribution in [3.63, 3.8) is 0 Å². The zero-order valence-electron chi connectivity index (χ0n) is 4.90. The third-order valence-corrected chi connectivity index (χ3v) is 1.20. The molecule has 0 saturated heterocycles. The minimum Gasteiger partial charge on any atom is -0.352 e. The predicted octanol–water partition coefficient (Wildman–Crippen LogP) is 0.453. The molecule has 0 aromatic carbocycles. The summed E-state index contributed by atoms with van der Waals surface area (Å²) in [5.74, 6) is 0.135. The lowest BCUT2D eigenvalue weighted by Crippen LogP contribution is -2.27. The fraction of sp³-hybridized carbons (Fsp3) is 0.500. The summed E-state index contributed by atoms with van der Waals surface area (Å²) in [5, 5.41) is 2.72. The van der Waals surface area contributed by atoms with Gasteiger partial charge in [-0.05, 0) is 6.92 Å². The van der Waals surface area contributed by atoms with Crippen LogP contribution in [-0.2, 0) is 4.79 Å². The van der Waals surface area contributed by atoms with Gasteiger partial charge in [0.2, 0.25) is 5.91 Å². The summed E-state index contributed by atoms with van der Waals surface area (Å²) in [6, 6.07) is 0. The van der Waals surface area contributed by atoms with Crippen molar-refractivity contribution in [2.45, 2.75) is 13.3 Å². The molecule has 44 valence electrons. The molecule has 0 saturated carbocycles. The fourth-order valence-corrected chi connectivity index (χ4v) is 0.649. The quantitative estimate of drug-likeness (QED) is 0.452. The maximum absolute atomic E-state index is 10.5. The second-order valence-electron chi connectivity index (χ2n) is 2.03. The summed E-state index contributed by atoms with van der Waals surface area (Å²) in [7, 11) is 0. The highest BCUT2D eigenvalue weighted by Gasteiger charge is 2.03. The molecule has 0 fully saturated rings. The van der Waals surface area contributed by atoms with E-state index < -0.39 is 0 Å². The van der Waals surface area contributed by atoms with Crippen LogP contribution in [0.4, 0.5) is 0 Å². The van der Waals surface area contributed by atoms with Gasteiger partial charge in [-0.1, -0.05) is 11.6 Å². The maximum atomic E-state index is 10.5. The van der Waals surface area contributed by atoms with Crippen molar-refractivity contribution in [1.82, 2.24) is 5.32 Å². The number of carbonyl (C=O) groups excluding carboxylic acids is 1. The van der Waals surface area contributed by atoms with Crippen molar-refractivity contribution < 1.29 is 4.79 Å². The monoisotopic (exact) mass is 111 g/mol. The standard InChI is InChI=1S/C6H9NO/c1-5-2-3-6(8)7-4-5/h2H,3-4H2,1H3,(H,7,8). The van der Waals surface area contributed by atoms with Crippen LogP contribution in [-0.4, -0.2) is 12.5 Å². The molecule has 2 nitrogen and oxygen atoms in total. The summed E-state index contributed by atoms with van der Waals surface area (Å²) in [6.45, 7) is 2.75. The summed E-state index contributed by atoms with van der Waals surface area (Å²) in [4.78, 5) is 10.5. The third kappa shape index (κ3) is 1.09. The number of rotatable bonds is 0. The van der Waals surface area contributed by atoms with Gasteiger partial charge in [0.05, 0.1) is 0 Å². The first-order valence-corrected chi connectivity index (χ1v) is 2.71. The van der Waals surface area contributed by atoms with Crippen LogP contribution in [0.1, 0.15) is 13.3 Å². The van der Waals surface area contributed by atoms with Crippen molar-refractivity contribution in [3.05, 3.63) is 11.6 Å². The van der Waals surface area contributed by atoms with Crippen molar-refractivity contribution in [2.75, 3.05) is 6.54 Å². The number of hydrogen-bond acceptors (Lipinski definition) is 1. The van der Waals surface area contributed by atoms with Gasteiger partial charge >= 0.3 is 0 Å². The molecule has 0 aromatic rings. The number of nitrogens with one attached hydrogen (secondary N) is 1. The van der Waals surface area contributed by atoms with Crippen molar-refractivity contribution in [2.24, 2.45) is 0 Å². The lowest BCUT2D eigenvalue weighted by Gasteiger charge is -2.08. The molecule has 1 aliphatic rings. The molecule has 0 radical (unpaired) electrons. The van der Waals surface area contributed by atoms with Gasteiger partial charge in [0.1, 0.15) is 0 Å². The van der Waals surface area contributed by atoms with Gasteiger partial charge in [0.15, 0.2) is 0 Å². The van der Waals surface area contributed by atoms with E-state index in [1.54, 1.807) is 0 Å². The number of carbonyl (C=O) groups is 1. The molecular formula is C6H9NO. The van der Waals surface area contributed by atoms with Gasteiger partial charge in [0, 0.05) is 13.0 Å². The van der Waals surface area contributed by atoms with E-state index in [-0.39, 0.29) is 5.91 Å². The SMILES string of the molecule is CC1=CCC(=O)NC1. The van der Waals surface area contributed by atoms with E-state index in [2.05, 4.69) is 5.32 Å². The Kier molecular flexibility index (Phi) is 1.33. The van der Waals surface area contributed by atoms with Gasteiger partial charge in [-0.2, -0.15) is 0 Å². The van der Waals surface area contributed by atoms with Crippen LogP contribution < -0.4 is 5.32 Å². The van der Waals surface area contributed by atoms with Crippen LogP contribution in [0, 0.1) is 0 Å². The first-order chi connectivity index (χ1) is 3.79. The zero-order chi connectivity index (χ0) is 5.98. The molecule has 0 unspecified atom stereocenters. The van der Waals surface area contributed by atoms with E-state index >= 15 is 0 Å². The summed E-state index contributed by atoms with van der Waals surface area (Å²) in [6.07, 6.45) is 2.52. The Hall–Kier alpha value is -0.790. The molecule has 2 heteroatoms. The molecule has 0 aromatic heterocycles. The predicted molar refractivity (Wildman–Crippen MR) is 31.4 cm³/mol. The van der Waals surface area contributed by atoms with Crippen molar-refractivity contribution >= 4 is 5.91 Å². The van der Waals surface area contributed by atoms with E-state index in [0.717, 1.165) is 6.54 Å². The second-order valence-corrected chi connectivity index (χ2v) is 2.03. The van der Waals surface area contributed by atoms with Gasteiger partial charge in [-0.3, -0.25) is 4.79 Å². The largest absolute Gasteiger partial charge is 0.352 e. The van der Waals surface area contributed by atoms with Gasteiger partial charge in [-0.15, -0.1) is 0 Å². The van der Waals surface area contributed by atoms with Crippen LogP contribution in [0.25, 0.3) is 0 Å². The van der Waals surface area contributed by atoms with Gasteiger partial charge < -0.3 is 5.32 Å². The Morgan fingerprint density at radius 2 is 2.50 bits per heavy atom. The molecule has 0 bridgehead atoms. The van der Waals surface area contributed by atoms with Crippen LogP contribution in [0.3, 0.4) is 0 Å². The third-order valence-electron chi connectivity index (χ3n) is 1.20. The van der Waals surface area contributed by atoms with Crippen molar-refractivity contribution in [3.8, 4) is 0 Å². The molecule has 0 spiro atoms. The second kappa shape index (κ2) is 1.99. The normalized spacial score (nSPS) is 19.6. The Bertz CT molecular complexity index is 137. The fourth-order valence-electron chi connectivity index (χ4n) is 0.649. The Morgan fingerprint density at radius 3 is 2.88 bits per heavy atom. The van der Waals surface area contributed by atoms with E-state index in [1.807, 2.05) is 13.0 Å². The average Bonchev–Trinajstić information content (AvgIpc) is 1.77. The molecule has 8 heavy (non-hydrogen) atoms. The van der Waals surface area contributed by atoms with Crippen LogP contribution >= 0.6 is 0 Å². The minimum absolute atomic E-state index is 0.135. The lowest BCUT2D eigenvalue weighted by molar-refractivity contribution is -0.120. The van der Waals surface area contributed by atoms with Crippen molar-refractivity contribution in [1.29, 1.82) is 0 Å². The zero-order valence-corrected chi connectivity index (χ0v) is 4.90. The Balaban J connectivity index is 2.55. The summed E-state index contributed by atoms with van der Waals surface area (Å²) < 4.78 is 0. The Morgan fingerprint density at radius 1 is 1.75 bits per heavy atom. The van der Waals surface area contributed by atoms with Gasteiger partial charge in [0.25, 0.3) is 0 Å². The van der Waals surface area contributed by atoms with Crippen LogP contribution in [0.15, 0.2) is 11.6 Å². The highest BCUT2D eigenvalue weighted by molar-refractivity contribution is 5.78. The first kappa shape index (κ1) is 5.35. The summed E-state index contributed by atoms with van der Waals surface area (Å²) >= 11 is 0. The van der Waals surface area contributed by atoms with Gasteiger partial charge in [-0.25, -0.2) is 0 Å². The Labute approximate surface area is 48.6 Å². The molecular weight excluding hydrogens is 102 g/mol.